The molecule has 0 aromatic heterocycles. The number of amides is 1. The lowest BCUT2D eigenvalue weighted by Crippen LogP contribution is -2.33. The van der Waals surface area contributed by atoms with E-state index in [-0.39, 0.29) is 11.8 Å². The predicted molar refractivity (Wildman–Crippen MR) is 75.6 cm³/mol. The first-order chi connectivity index (χ1) is 8.58. The summed E-state index contributed by atoms with van der Waals surface area (Å²) in [5, 5.41) is 5.89. The highest BCUT2D eigenvalue weighted by molar-refractivity contribution is 9.10. The lowest BCUT2D eigenvalue weighted by molar-refractivity contribution is -0.124. The lowest BCUT2D eigenvalue weighted by Gasteiger charge is -2.12. The normalized spacial score (nSPS) is 12.0. The molecule has 0 aliphatic rings. The van der Waals surface area contributed by atoms with Crippen LogP contribution in [0.15, 0.2) is 22.7 Å². The summed E-state index contributed by atoms with van der Waals surface area (Å²) in [7, 11) is 3.46. The number of carbonyl (C=O) groups excluding carboxylic acids is 1. The molecule has 1 atom stereocenters. The van der Waals surface area contributed by atoms with Crippen molar-refractivity contribution in [3.8, 4) is 5.75 Å². The van der Waals surface area contributed by atoms with Crippen LogP contribution in [0.2, 0.25) is 0 Å². The fraction of sp³-hybridized carbons (Fsp3) is 0.462. The fourth-order valence-electron chi connectivity index (χ4n) is 1.58. The summed E-state index contributed by atoms with van der Waals surface area (Å²) in [5.74, 6) is 0.807. The smallest absolute Gasteiger partial charge is 0.224 e. The van der Waals surface area contributed by atoms with Crippen LogP contribution in [0.1, 0.15) is 12.5 Å². The molecule has 1 unspecified atom stereocenters. The van der Waals surface area contributed by atoms with E-state index in [1.807, 2.05) is 32.2 Å². The van der Waals surface area contributed by atoms with Crippen molar-refractivity contribution in [2.24, 2.45) is 5.92 Å². The Labute approximate surface area is 116 Å². The first kappa shape index (κ1) is 15.0. The molecule has 0 aliphatic carbocycles. The van der Waals surface area contributed by atoms with Crippen molar-refractivity contribution in [2.45, 2.75) is 13.5 Å². The maximum Gasteiger partial charge on any atom is 0.224 e. The van der Waals surface area contributed by atoms with Crippen LogP contribution in [0.25, 0.3) is 0 Å². The van der Waals surface area contributed by atoms with Gasteiger partial charge in [-0.2, -0.15) is 0 Å². The zero-order valence-electron chi connectivity index (χ0n) is 10.9. The molecular weight excluding hydrogens is 296 g/mol. The summed E-state index contributed by atoms with van der Waals surface area (Å²) in [4.78, 5) is 11.7. The Morgan fingerprint density at radius 3 is 2.78 bits per heavy atom. The van der Waals surface area contributed by atoms with Crippen molar-refractivity contribution in [1.82, 2.24) is 10.6 Å². The van der Waals surface area contributed by atoms with Crippen LogP contribution in [0.5, 0.6) is 5.75 Å². The maximum atomic E-state index is 11.7. The van der Waals surface area contributed by atoms with E-state index in [1.165, 1.54) is 0 Å². The molecule has 0 aliphatic heterocycles. The monoisotopic (exact) mass is 314 g/mol. The Bertz CT molecular complexity index is 410. The second kappa shape index (κ2) is 7.38. The van der Waals surface area contributed by atoms with Crippen LogP contribution in [-0.4, -0.2) is 26.6 Å². The van der Waals surface area contributed by atoms with Gasteiger partial charge in [0.25, 0.3) is 0 Å². The Balaban J connectivity index is 2.53. The van der Waals surface area contributed by atoms with Gasteiger partial charge in [0.15, 0.2) is 0 Å². The van der Waals surface area contributed by atoms with Crippen molar-refractivity contribution in [3.05, 3.63) is 28.2 Å². The third kappa shape index (κ3) is 4.31. The van der Waals surface area contributed by atoms with Crippen molar-refractivity contribution in [1.29, 1.82) is 0 Å². The van der Waals surface area contributed by atoms with Crippen LogP contribution in [-0.2, 0) is 11.3 Å². The molecule has 5 heteroatoms. The molecule has 1 aromatic rings. The first-order valence-corrected chi connectivity index (χ1v) is 6.62. The molecule has 0 spiro atoms. The minimum Gasteiger partial charge on any atom is -0.496 e. The molecular formula is C13H19BrN2O2. The molecule has 1 aromatic carbocycles. The topological polar surface area (TPSA) is 50.4 Å². The molecule has 0 bridgehead atoms. The van der Waals surface area contributed by atoms with Gasteiger partial charge >= 0.3 is 0 Å². The number of benzene rings is 1. The van der Waals surface area contributed by atoms with E-state index in [1.54, 1.807) is 7.11 Å². The average Bonchev–Trinajstić information content (AvgIpc) is 2.36. The van der Waals surface area contributed by atoms with Gasteiger partial charge in [0.1, 0.15) is 5.75 Å². The van der Waals surface area contributed by atoms with Crippen LogP contribution in [0, 0.1) is 5.92 Å². The van der Waals surface area contributed by atoms with Gasteiger partial charge in [-0.05, 0) is 40.7 Å². The van der Waals surface area contributed by atoms with E-state index >= 15 is 0 Å². The number of rotatable bonds is 6. The number of methoxy groups -OCH3 is 1. The summed E-state index contributed by atoms with van der Waals surface area (Å²) in [5.41, 5.74) is 1.03. The van der Waals surface area contributed by atoms with Crippen molar-refractivity contribution in [3.63, 3.8) is 0 Å². The van der Waals surface area contributed by atoms with E-state index in [9.17, 15) is 4.79 Å². The minimum atomic E-state index is -0.0308. The van der Waals surface area contributed by atoms with Crippen LogP contribution < -0.4 is 15.4 Å². The number of halogens is 1. The minimum absolute atomic E-state index is 0.0308. The summed E-state index contributed by atoms with van der Waals surface area (Å²) in [6, 6.07) is 5.76. The summed E-state index contributed by atoms with van der Waals surface area (Å²) < 4.78 is 6.04. The molecule has 100 valence electrons. The number of ether oxygens (including phenoxy) is 1. The van der Waals surface area contributed by atoms with Crippen molar-refractivity contribution < 1.29 is 9.53 Å². The maximum absolute atomic E-state index is 11.7. The SMILES string of the molecule is CNCC(C)C(=O)NCc1ccc(OC)c(Br)c1. The second-order valence-electron chi connectivity index (χ2n) is 4.15. The van der Waals surface area contributed by atoms with Crippen molar-refractivity contribution in [2.75, 3.05) is 20.7 Å². The Morgan fingerprint density at radius 1 is 1.50 bits per heavy atom. The van der Waals surface area contributed by atoms with Gasteiger partial charge in [-0.3, -0.25) is 4.79 Å². The van der Waals surface area contributed by atoms with Gasteiger partial charge in [-0.25, -0.2) is 0 Å². The molecule has 0 saturated heterocycles. The van der Waals surface area contributed by atoms with Crippen LogP contribution in [0.3, 0.4) is 0 Å². The summed E-state index contributed by atoms with van der Waals surface area (Å²) >= 11 is 3.42. The molecule has 2 N–H and O–H groups in total. The molecule has 1 rings (SSSR count). The third-order valence-electron chi connectivity index (χ3n) is 2.64. The van der Waals surface area contributed by atoms with E-state index in [0.29, 0.717) is 13.1 Å². The van der Waals surface area contributed by atoms with Gasteiger partial charge in [-0.15, -0.1) is 0 Å². The standard InChI is InChI=1S/C13H19BrN2O2/c1-9(7-15-2)13(17)16-8-10-4-5-12(18-3)11(14)6-10/h4-6,9,15H,7-8H2,1-3H3,(H,16,17). The highest BCUT2D eigenvalue weighted by Crippen LogP contribution is 2.25. The number of carbonyl (C=O) groups is 1. The van der Waals surface area contributed by atoms with Crippen molar-refractivity contribution >= 4 is 21.8 Å². The number of hydrogen-bond donors (Lipinski definition) is 2. The third-order valence-corrected chi connectivity index (χ3v) is 3.26. The highest BCUT2D eigenvalue weighted by Gasteiger charge is 2.11. The highest BCUT2D eigenvalue weighted by atomic mass is 79.9. The zero-order chi connectivity index (χ0) is 13.5. The van der Waals surface area contributed by atoms with Crippen LogP contribution in [0.4, 0.5) is 0 Å². The average molecular weight is 315 g/mol. The van der Waals surface area contributed by atoms with E-state index < -0.39 is 0 Å². The summed E-state index contributed by atoms with van der Waals surface area (Å²) in [6.07, 6.45) is 0. The predicted octanol–water partition coefficient (Wildman–Crippen LogP) is 1.93. The zero-order valence-corrected chi connectivity index (χ0v) is 12.5. The Morgan fingerprint density at radius 2 is 2.22 bits per heavy atom. The van der Waals surface area contributed by atoms with Gasteiger partial charge in [0.2, 0.25) is 5.91 Å². The number of nitrogens with one attached hydrogen (secondary N) is 2. The summed E-state index contributed by atoms with van der Waals surface area (Å²) in [6.45, 7) is 3.10. The quantitative estimate of drug-likeness (QED) is 0.843. The van der Waals surface area contributed by atoms with Crippen LogP contribution >= 0.6 is 15.9 Å². The van der Waals surface area contributed by atoms with E-state index in [2.05, 4.69) is 26.6 Å². The second-order valence-corrected chi connectivity index (χ2v) is 5.00. The largest absolute Gasteiger partial charge is 0.496 e. The van der Waals surface area contributed by atoms with E-state index in [0.717, 1.165) is 15.8 Å². The molecule has 0 saturated carbocycles. The molecule has 0 heterocycles. The van der Waals surface area contributed by atoms with Gasteiger partial charge < -0.3 is 15.4 Å². The van der Waals surface area contributed by atoms with E-state index in [4.69, 9.17) is 4.74 Å². The van der Waals surface area contributed by atoms with Gasteiger partial charge in [0.05, 0.1) is 11.6 Å². The fourth-order valence-corrected chi connectivity index (χ4v) is 2.17. The molecule has 4 nitrogen and oxygen atoms in total. The van der Waals surface area contributed by atoms with Gasteiger partial charge in [0, 0.05) is 19.0 Å². The van der Waals surface area contributed by atoms with Gasteiger partial charge in [-0.1, -0.05) is 13.0 Å². The molecule has 0 radical (unpaired) electrons. The lowest BCUT2D eigenvalue weighted by atomic mass is 10.1. The molecule has 1 amide bonds. The first-order valence-electron chi connectivity index (χ1n) is 5.83. The Hall–Kier alpha value is -1.07. The molecule has 0 fully saturated rings. The molecule has 18 heavy (non-hydrogen) atoms. The number of hydrogen-bond acceptors (Lipinski definition) is 3. The Kier molecular flexibility index (Phi) is 6.15.